The molecule has 0 bridgehead atoms. The monoisotopic (exact) mass is 566 g/mol. The molecular formula is C28H26Cl4O4. The van der Waals surface area contributed by atoms with Crippen molar-refractivity contribution >= 4 is 57.5 Å². The highest BCUT2D eigenvalue weighted by Crippen LogP contribution is 2.44. The van der Waals surface area contributed by atoms with Crippen LogP contribution in [0.5, 0.6) is 23.0 Å². The molecule has 0 saturated carbocycles. The molecule has 0 amide bonds. The average molecular weight is 568 g/mol. The average Bonchev–Trinajstić information content (AvgIpc) is 2.86. The van der Waals surface area contributed by atoms with E-state index in [-0.39, 0.29) is 8.98 Å². The van der Waals surface area contributed by atoms with Crippen LogP contribution in [0.15, 0.2) is 57.5 Å². The van der Waals surface area contributed by atoms with E-state index in [0.29, 0.717) is 45.3 Å². The Balaban J connectivity index is 2.31. The number of rotatable bonds is 8. The molecule has 0 aromatic heterocycles. The van der Waals surface area contributed by atoms with Crippen molar-refractivity contribution in [2.75, 3.05) is 28.4 Å². The summed E-state index contributed by atoms with van der Waals surface area (Å²) in [6.07, 6.45) is 0. The van der Waals surface area contributed by atoms with E-state index in [2.05, 4.69) is 0 Å². The quantitative estimate of drug-likeness (QED) is 0.273. The van der Waals surface area contributed by atoms with Gasteiger partial charge in [0.1, 0.15) is 32.0 Å². The molecule has 0 aliphatic carbocycles. The second-order valence-corrected chi connectivity index (χ2v) is 9.78. The smallest absolute Gasteiger partial charge is 0.130 e. The van der Waals surface area contributed by atoms with Gasteiger partial charge in [0, 0.05) is 34.4 Å². The van der Waals surface area contributed by atoms with Crippen molar-refractivity contribution in [1.82, 2.24) is 0 Å². The molecular weight excluding hydrogens is 542 g/mol. The summed E-state index contributed by atoms with van der Waals surface area (Å²) in [7, 11) is 6.34. The third kappa shape index (κ3) is 5.73. The van der Waals surface area contributed by atoms with E-state index in [0.717, 1.165) is 22.3 Å². The molecule has 0 saturated heterocycles. The van der Waals surface area contributed by atoms with E-state index >= 15 is 0 Å². The minimum absolute atomic E-state index is 0.0842. The van der Waals surface area contributed by atoms with Crippen LogP contribution in [0.1, 0.15) is 33.4 Å². The van der Waals surface area contributed by atoms with Gasteiger partial charge >= 0.3 is 0 Å². The molecule has 0 radical (unpaired) electrons. The van der Waals surface area contributed by atoms with Crippen LogP contribution in [-0.4, -0.2) is 28.4 Å². The van der Waals surface area contributed by atoms with Gasteiger partial charge in [-0.2, -0.15) is 0 Å². The topological polar surface area (TPSA) is 36.9 Å². The normalized spacial score (nSPS) is 10.5. The van der Waals surface area contributed by atoms with Crippen molar-refractivity contribution in [1.29, 1.82) is 0 Å². The van der Waals surface area contributed by atoms with Crippen molar-refractivity contribution in [2.24, 2.45) is 0 Å². The number of benzene rings is 3. The van der Waals surface area contributed by atoms with Crippen LogP contribution in [0.25, 0.3) is 11.1 Å². The fourth-order valence-corrected chi connectivity index (χ4v) is 4.91. The molecule has 0 unspecified atom stereocenters. The van der Waals surface area contributed by atoms with Gasteiger partial charge in [-0.05, 0) is 66.4 Å². The molecule has 0 spiro atoms. The summed E-state index contributed by atoms with van der Waals surface area (Å²) < 4.78 is 22.1. The van der Waals surface area contributed by atoms with E-state index in [1.54, 1.807) is 40.6 Å². The Morgan fingerprint density at radius 3 is 1.19 bits per heavy atom. The summed E-state index contributed by atoms with van der Waals surface area (Å²) in [5.74, 6) is 2.42. The number of aryl methyl sites for hydroxylation is 2. The van der Waals surface area contributed by atoms with Gasteiger partial charge in [-0.1, -0.05) is 52.5 Å². The lowest BCUT2D eigenvalue weighted by molar-refractivity contribution is 0.393. The number of hydrogen-bond donors (Lipinski definition) is 0. The first-order valence-corrected chi connectivity index (χ1v) is 12.3. The Bertz CT molecular complexity index is 1240. The SMILES string of the molecule is COc1ccc(C(=C(Cl)Cl)c2cc(C(=C(Cl)Cl)c3ccc(OC)cc3OC)c(C)cc2C)c(OC)c1. The number of halogens is 4. The van der Waals surface area contributed by atoms with Crippen LogP contribution in [0.2, 0.25) is 0 Å². The lowest BCUT2D eigenvalue weighted by atomic mass is 9.87. The third-order valence-electron chi connectivity index (χ3n) is 5.84. The lowest BCUT2D eigenvalue weighted by Gasteiger charge is -2.20. The van der Waals surface area contributed by atoms with E-state index in [1.807, 2.05) is 50.2 Å². The standard InChI is InChI=1S/C28H26Cl4O4/c1-15-11-16(2)22(26(28(31)32)20-10-8-18(34-4)13-24(20)36-6)14-21(15)25(27(29)30)19-9-7-17(33-3)12-23(19)35-5/h7-14H,1-6H3. The first-order chi connectivity index (χ1) is 17.2. The van der Waals surface area contributed by atoms with Crippen LogP contribution in [0, 0.1) is 13.8 Å². The number of methoxy groups -OCH3 is 4. The number of hydrogen-bond acceptors (Lipinski definition) is 4. The first-order valence-electron chi connectivity index (χ1n) is 10.8. The maximum absolute atomic E-state index is 6.48. The summed E-state index contributed by atoms with van der Waals surface area (Å²) in [6, 6.07) is 14.9. The van der Waals surface area contributed by atoms with Crippen LogP contribution in [0.4, 0.5) is 0 Å². The molecule has 0 aliphatic rings. The van der Waals surface area contributed by atoms with Gasteiger partial charge in [0.05, 0.1) is 28.4 Å². The maximum atomic E-state index is 6.48. The highest BCUT2D eigenvalue weighted by Gasteiger charge is 2.22. The van der Waals surface area contributed by atoms with Gasteiger partial charge in [0.25, 0.3) is 0 Å². The Hall–Kier alpha value is -2.50. The Labute approximate surface area is 231 Å². The van der Waals surface area contributed by atoms with Gasteiger partial charge < -0.3 is 18.9 Å². The van der Waals surface area contributed by atoms with Crippen molar-refractivity contribution in [3.8, 4) is 23.0 Å². The Morgan fingerprint density at radius 2 is 0.889 bits per heavy atom. The van der Waals surface area contributed by atoms with Crippen molar-refractivity contribution < 1.29 is 18.9 Å². The maximum Gasteiger partial charge on any atom is 0.130 e. The zero-order valence-corrected chi connectivity index (χ0v) is 23.8. The van der Waals surface area contributed by atoms with Gasteiger partial charge in [-0.25, -0.2) is 0 Å². The minimum atomic E-state index is 0.0842. The Morgan fingerprint density at radius 1 is 0.500 bits per heavy atom. The number of ether oxygens (including phenoxy) is 4. The predicted octanol–water partition coefficient (Wildman–Crippen LogP) is 8.73. The largest absolute Gasteiger partial charge is 0.497 e. The summed E-state index contributed by atoms with van der Waals surface area (Å²) in [6.45, 7) is 3.97. The summed E-state index contributed by atoms with van der Waals surface area (Å²) >= 11 is 25.9. The molecule has 3 aromatic rings. The third-order valence-corrected chi connectivity index (χ3v) is 6.60. The van der Waals surface area contributed by atoms with E-state index in [1.165, 1.54) is 0 Å². The van der Waals surface area contributed by atoms with E-state index < -0.39 is 0 Å². The van der Waals surface area contributed by atoms with E-state index in [9.17, 15) is 0 Å². The molecule has 4 nitrogen and oxygen atoms in total. The van der Waals surface area contributed by atoms with Gasteiger partial charge in [0.15, 0.2) is 0 Å². The minimum Gasteiger partial charge on any atom is -0.497 e. The molecule has 3 rings (SSSR count). The van der Waals surface area contributed by atoms with Crippen LogP contribution >= 0.6 is 46.4 Å². The zero-order valence-electron chi connectivity index (χ0n) is 20.8. The summed E-state index contributed by atoms with van der Waals surface area (Å²) in [4.78, 5) is 0. The zero-order chi connectivity index (χ0) is 26.6. The van der Waals surface area contributed by atoms with Crippen molar-refractivity contribution in [3.63, 3.8) is 0 Å². The highest BCUT2D eigenvalue weighted by molar-refractivity contribution is 6.59. The van der Waals surface area contributed by atoms with Crippen LogP contribution in [0.3, 0.4) is 0 Å². The fourth-order valence-electron chi connectivity index (χ4n) is 4.10. The molecule has 0 aliphatic heterocycles. The predicted molar refractivity (Wildman–Crippen MR) is 150 cm³/mol. The molecule has 0 atom stereocenters. The van der Waals surface area contributed by atoms with Gasteiger partial charge in [-0.15, -0.1) is 0 Å². The van der Waals surface area contributed by atoms with Gasteiger partial charge in [0.2, 0.25) is 0 Å². The van der Waals surface area contributed by atoms with Crippen LogP contribution < -0.4 is 18.9 Å². The Kier molecular flexibility index (Phi) is 9.48. The summed E-state index contributed by atoms with van der Waals surface area (Å²) in [5.41, 5.74) is 6.11. The molecule has 0 heterocycles. The molecule has 36 heavy (non-hydrogen) atoms. The second kappa shape index (κ2) is 12.2. The van der Waals surface area contributed by atoms with Gasteiger partial charge in [-0.3, -0.25) is 0 Å². The second-order valence-electron chi connectivity index (χ2n) is 7.89. The first kappa shape index (κ1) is 28.1. The van der Waals surface area contributed by atoms with Crippen LogP contribution in [-0.2, 0) is 0 Å². The van der Waals surface area contributed by atoms with E-state index in [4.69, 9.17) is 65.4 Å². The van der Waals surface area contributed by atoms with Crippen molar-refractivity contribution in [2.45, 2.75) is 13.8 Å². The highest BCUT2D eigenvalue weighted by atomic mass is 35.5. The molecule has 3 aromatic carbocycles. The van der Waals surface area contributed by atoms with Crippen molar-refractivity contribution in [3.05, 3.63) is 90.9 Å². The molecule has 0 N–H and O–H groups in total. The summed E-state index contributed by atoms with van der Waals surface area (Å²) in [5, 5.41) is 0. The molecule has 8 heteroatoms. The fraction of sp³-hybridized carbons (Fsp3) is 0.214. The lowest BCUT2D eigenvalue weighted by Crippen LogP contribution is -2.02. The molecule has 190 valence electrons. The molecule has 0 fully saturated rings.